The molecule has 0 bridgehead atoms. The minimum absolute atomic E-state index is 0.131. The molecule has 0 amide bonds. The maximum Gasteiger partial charge on any atom is 0.0441 e. The second-order valence-corrected chi connectivity index (χ2v) is 6.43. The number of benzene rings is 1. The Morgan fingerprint density at radius 3 is 2.29 bits per heavy atom. The first-order valence-electron chi connectivity index (χ1n) is 8.10. The van der Waals surface area contributed by atoms with Gasteiger partial charge in [0.15, 0.2) is 0 Å². The molecule has 3 heteroatoms. The topological polar surface area (TPSA) is 15.3 Å². The summed E-state index contributed by atoms with van der Waals surface area (Å²) in [6.45, 7) is 13.3. The van der Waals surface area contributed by atoms with Gasteiger partial charge >= 0.3 is 0 Å². The average molecular weight is 311 g/mol. The smallest absolute Gasteiger partial charge is 0.0441 e. The quantitative estimate of drug-likeness (QED) is 0.770. The van der Waals surface area contributed by atoms with Crippen LogP contribution in [0.1, 0.15) is 45.2 Å². The summed E-state index contributed by atoms with van der Waals surface area (Å²) in [5, 5.41) is 4.42. The lowest BCUT2D eigenvalue weighted by atomic mass is 9.83. The molecule has 0 aliphatic heterocycles. The van der Waals surface area contributed by atoms with Crippen molar-refractivity contribution < 1.29 is 0 Å². The van der Waals surface area contributed by atoms with Crippen molar-refractivity contribution >= 4 is 11.6 Å². The predicted molar refractivity (Wildman–Crippen MR) is 94.4 cm³/mol. The number of rotatable bonds is 8. The molecule has 2 atom stereocenters. The molecule has 2 nitrogen and oxygen atoms in total. The highest BCUT2D eigenvalue weighted by Crippen LogP contribution is 2.28. The molecule has 1 aromatic rings. The molecule has 0 aliphatic carbocycles. The fourth-order valence-electron chi connectivity index (χ4n) is 3.31. The van der Waals surface area contributed by atoms with E-state index in [4.69, 9.17) is 11.6 Å². The summed E-state index contributed by atoms with van der Waals surface area (Å²) in [5.41, 5.74) is 2.58. The molecule has 0 aromatic heterocycles. The van der Waals surface area contributed by atoms with E-state index in [9.17, 15) is 0 Å². The largest absolute Gasteiger partial charge is 0.315 e. The van der Waals surface area contributed by atoms with Gasteiger partial charge in [0.05, 0.1) is 0 Å². The highest BCUT2D eigenvalue weighted by molar-refractivity contribution is 6.31. The Morgan fingerprint density at radius 1 is 1.24 bits per heavy atom. The van der Waals surface area contributed by atoms with Crippen LogP contribution in [0, 0.1) is 6.92 Å². The van der Waals surface area contributed by atoms with Crippen molar-refractivity contribution in [2.75, 3.05) is 20.1 Å². The van der Waals surface area contributed by atoms with Crippen LogP contribution in [-0.2, 0) is 6.42 Å². The summed E-state index contributed by atoms with van der Waals surface area (Å²) in [6.07, 6.45) is 2.07. The molecule has 1 aromatic carbocycles. The van der Waals surface area contributed by atoms with Crippen LogP contribution < -0.4 is 5.32 Å². The van der Waals surface area contributed by atoms with Crippen molar-refractivity contribution in [3.05, 3.63) is 34.3 Å². The van der Waals surface area contributed by atoms with E-state index in [1.165, 1.54) is 11.1 Å². The Morgan fingerprint density at radius 2 is 1.86 bits per heavy atom. The Bertz CT molecular complexity index is 443. The van der Waals surface area contributed by atoms with Gasteiger partial charge in [-0.3, -0.25) is 4.90 Å². The Kier molecular flexibility index (Phi) is 7.19. The van der Waals surface area contributed by atoms with Gasteiger partial charge in [-0.25, -0.2) is 0 Å². The maximum atomic E-state index is 6.43. The summed E-state index contributed by atoms with van der Waals surface area (Å²) in [5.74, 6) is 0. The van der Waals surface area contributed by atoms with Gasteiger partial charge in [-0.05, 0) is 64.0 Å². The third kappa shape index (κ3) is 4.21. The molecule has 0 saturated carbocycles. The number of aryl methyl sites for hydroxylation is 1. The van der Waals surface area contributed by atoms with Crippen LogP contribution >= 0.6 is 11.6 Å². The molecule has 120 valence electrons. The van der Waals surface area contributed by atoms with Crippen LogP contribution in [0.3, 0.4) is 0 Å². The number of hydrogen-bond donors (Lipinski definition) is 1. The third-order valence-corrected chi connectivity index (χ3v) is 5.29. The van der Waals surface area contributed by atoms with E-state index in [0.717, 1.165) is 31.0 Å². The second kappa shape index (κ2) is 8.17. The van der Waals surface area contributed by atoms with Crippen LogP contribution in [0.2, 0.25) is 5.02 Å². The zero-order valence-corrected chi connectivity index (χ0v) is 15.2. The van der Waals surface area contributed by atoms with Crippen LogP contribution in [0.25, 0.3) is 0 Å². The summed E-state index contributed by atoms with van der Waals surface area (Å²) < 4.78 is 0. The van der Waals surface area contributed by atoms with Gasteiger partial charge in [-0.15, -0.1) is 0 Å². The molecule has 0 saturated heterocycles. The summed E-state index contributed by atoms with van der Waals surface area (Å²) >= 11 is 6.43. The fourth-order valence-corrected chi connectivity index (χ4v) is 3.62. The molecule has 2 unspecified atom stereocenters. The molecule has 0 aliphatic rings. The maximum absolute atomic E-state index is 6.43. The second-order valence-electron chi connectivity index (χ2n) is 6.02. The summed E-state index contributed by atoms with van der Waals surface area (Å²) in [4.78, 5) is 2.55. The van der Waals surface area contributed by atoms with Crippen LogP contribution in [0.4, 0.5) is 0 Å². The minimum atomic E-state index is 0.131. The van der Waals surface area contributed by atoms with E-state index >= 15 is 0 Å². The van der Waals surface area contributed by atoms with E-state index in [-0.39, 0.29) is 5.54 Å². The molecule has 0 spiro atoms. The zero-order chi connectivity index (χ0) is 16.0. The number of halogens is 1. The third-order valence-electron chi connectivity index (χ3n) is 4.93. The number of nitrogens with one attached hydrogen (secondary N) is 1. The summed E-state index contributed by atoms with van der Waals surface area (Å²) in [6, 6.07) is 6.75. The highest BCUT2D eigenvalue weighted by atomic mass is 35.5. The lowest BCUT2D eigenvalue weighted by Crippen LogP contribution is -2.59. The first-order chi connectivity index (χ1) is 9.92. The Balaban J connectivity index is 3.04. The van der Waals surface area contributed by atoms with Crippen molar-refractivity contribution in [1.82, 2.24) is 10.2 Å². The van der Waals surface area contributed by atoms with Gasteiger partial charge < -0.3 is 5.32 Å². The van der Waals surface area contributed by atoms with Crippen molar-refractivity contribution in [2.24, 2.45) is 0 Å². The van der Waals surface area contributed by atoms with Gasteiger partial charge in [0.25, 0.3) is 0 Å². The molecule has 0 heterocycles. The normalized spacial score (nSPS) is 16.0. The van der Waals surface area contributed by atoms with Crippen molar-refractivity contribution in [3.8, 4) is 0 Å². The van der Waals surface area contributed by atoms with Gasteiger partial charge in [0.1, 0.15) is 0 Å². The molecular formula is C18H31ClN2. The van der Waals surface area contributed by atoms with E-state index in [0.29, 0.717) is 6.04 Å². The average Bonchev–Trinajstić information content (AvgIpc) is 2.47. The van der Waals surface area contributed by atoms with Crippen LogP contribution in [0.5, 0.6) is 0 Å². The monoisotopic (exact) mass is 310 g/mol. The van der Waals surface area contributed by atoms with E-state index in [2.05, 4.69) is 70.1 Å². The molecule has 1 N–H and O–H groups in total. The standard InChI is InChI=1S/C18H31ClN2/c1-7-18(5,21(8-2)9-3)17(20-6)13-15-11-10-14(4)12-16(15)19/h10-12,17,20H,7-9,13H2,1-6H3. The Labute approximate surface area is 135 Å². The van der Waals surface area contributed by atoms with Crippen molar-refractivity contribution in [3.63, 3.8) is 0 Å². The molecule has 0 fully saturated rings. The van der Waals surface area contributed by atoms with Gasteiger partial charge in [0.2, 0.25) is 0 Å². The molecule has 1 rings (SSSR count). The summed E-state index contributed by atoms with van der Waals surface area (Å²) in [7, 11) is 2.06. The first kappa shape index (κ1) is 18.5. The lowest BCUT2D eigenvalue weighted by molar-refractivity contribution is 0.0730. The SMILES string of the molecule is CCN(CC)C(C)(CC)C(Cc1ccc(C)cc1Cl)NC. The molecule has 0 radical (unpaired) electrons. The van der Waals surface area contributed by atoms with Crippen molar-refractivity contribution in [2.45, 2.75) is 59.0 Å². The highest BCUT2D eigenvalue weighted by Gasteiger charge is 2.36. The van der Waals surface area contributed by atoms with E-state index in [1.807, 2.05) is 0 Å². The number of hydrogen-bond acceptors (Lipinski definition) is 2. The lowest BCUT2D eigenvalue weighted by Gasteiger charge is -2.46. The fraction of sp³-hybridized carbons (Fsp3) is 0.667. The van der Waals surface area contributed by atoms with Crippen LogP contribution in [-0.4, -0.2) is 36.6 Å². The first-order valence-corrected chi connectivity index (χ1v) is 8.48. The predicted octanol–water partition coefficient (Wildman–Crippen LogP) is 4.29. The van der Waals surface area contributed by atoms with E-state index < -0.39 is 0 Å². The molecular weight excluding hydrogens is 280 g/mol. The number of nitrogens with zero attached hydrogens (tertiary/aromatic N) is 1. The minimum Gasteiger partial charge on any atom is -0.315 e. The zero-order valence-electron chi connectivity index (χ0n) is 14.5. The van der Waals surface area contributed by atoms with E-state index in [1.54, 1.807) is 0 Å². The van der Waals surface area contributed by atoms with Gasteiger partial charge in [-0.1, -0.05) is 44.5 Å². The van der Waals surface area contributed by atoms with Crippen molar-refractivity contribution in [1.29, 1.82) is 0 Å². The molecule has 21 heavy (non-hydrogen) atoms. The Hall–Kier alpha value is -0.570. The van der Waals surface area contributed by atoms with Crippen LogP contribution in [0.15, 0.2) is 18.2 Å². The van der Waals surface area contributed by atoms with Gasteiger partial charge in [0, 0.05) is 16.6 Å². The van der Waals surface area contributed by atoms with Gasteiger partial charge in [-0.2, -0.15) is 0 Å². The number of likely N-dealkylation sites (N-methyl/N-ethyl adjacent to an activating group) is 2.